The highest BCUT2D eigenvalue weighted by Gasteiger charge is 2.58. The Morgan fingerprint density at radius 2 is 2.07 bits per heavy atom. The van der Waals surface area contributed by atoms with Crippen LogP contribution < -0.4 is 4.90 Å². The Hall–Kier alpha value is -1.31. The minimum Gasteiger partial charge on any atom is -0.311 e. The van der Waals surface area contributed by atoms with Gasteiger partial charge in [-0.15, -0.1) is 0 Å². The van der Waals surface area contributed by atoms with Crippen LogP contribution in [0.1, 0.15) is 31.7 Å². The van der Waals surface area contributed by atoms with E-state index in [1.165, 1.54) is 5.56 Å². The first kappa shape index (κ1) is 8.96. The lowest BCUT2D eigenvalue weighted by molar-refractivity contribution is -0.120. The number of nitrogens with zero attached hydrogens (tertiary/aromatic N) is 1. The van der Waals surface area contributed by atoms with Crippen molar-refractivity contribution >= 4 is 11.6 Å². The van der Waals surface area contributed by atoms with Crippen LogP contribution >= 0.6 is 0 Å². The number of fused-ring (bicyclic) bond motifs is 2. The first-order chi connectivity index (χ1) is 7.29. The molecule has 0 saturated heterocycles. The fourth-order valence-electron chi connectivity index (χ4n) is 2.65. The Morgan fingerprint density at radius 3 is 2.73 bits per heavy atom. The standard InChI is InChI=1S/C13H15NO/c1-2-9-14-11-6-4-3-5-10(11)13(7-8-13)12(14)15/h3-6H,2,7-9H2,1H3. The molecule has 3 rings (SSSR count). The lowest BCUT2D eigenvalue weighted by Gasteiger charge is -2.16. The minimum atomic E-state index is -0.105. The van der Waals surface area contributed by atoms with Gasteiger partial charge in [0.15, 0.2) is 0 Å². The van der Waals surface area contributed by atoms with E-state index in [0.717, 1.165) is 31.5 Å². The highest BCUT2D eigenvalue weighted by molar-refractivity contribution is 6.10. The molecule has 2 nitrogen and oxygen atoms in total. The third kappa shape index (κ3) is 1.02. The van der Waals surface area contributed by atoms with Crippen molar-refractivity contribution in [2.75, 3.05) is 11.4 Å². The Morgan fingerprint density at radius 1 is 1.33 bits per heavy atom. The van der Waals surface area contributed by atoms with E-state index in [9.17, 15) is 4.79 Å². The number of anilines is 1. The molecule has 1 aliphatic carbocycles. The van der Waals surface area contributed by atoms with Gasteiger partial charge < -0.3 is 4.90 Å². The van der Waals surface area contributed by atoms with E-state index < -0.39 is 0 Å². The molecule has 0 aromatic heterocycles. The van der Waals surface area contributed by atoms with Crippen molar-refractivity contribution in [3.05, 3.63) is 29.8 Å². The fourth-order valence-corrected chi connectivity index (χ4v) is 2.65. The molecule has 2 heteroatoms. The zero-order valence-electron chi connectivity index (χ0n) is 8.99. The zero-order valence-corrected chi connectivity index (χ0v) is 8.99. The lowest BCUT2D eigenvalue weighted by Crippen LogP contribution is -2.32. The quantitative estimate of drug-likeness (QED) is 0.719. The number of benzene rings is 1. The van der Waals surface area contributed by atoms with Gasteiger partial charge in [0.05, 0.1) is 5.41 Å². The van der Waals surface area contributed by atoms with Crippen molar-refractivity contribution in [1.29, 1.82) is 0 Å². The van der Waals surface area contributed by atoms with Crippen molar-refractivity contribution in [2.24, 2.45) is 0 Å². The van der Waals surface area contributed by atoms with Crippen molar-refractivity contribution in [3.63, 3.8) is 0 Å². The average molecular weight is 201 g/mol. The lowest BCUT2D eigenvalue weighted by atomic mass is 9.98. The molecule has 1 aromatic carbocycles. The largest absolute Gasteiger partial charge is 0.311 e. The maximum Gasteiger partial charge on any atom is 0.237 e. The van der Waals surface area contributed by atoms with Crippen LogP contribution in [-0.4, -0.2) is 12.5 Å². The van der Waals surface area contributed by atoms with E-state index in [2.05, 4.69) is 19.1 Å². The summed E-state index contributed by atoms with van der Waals surface area (Å²) >= 11 is 0. The van der Waals surface area contributed by atoms with Crippen molar-refractivity contribution in [2.45, 2.75) is 31.6 Å². The van der Waals surface area contributed by atoms with Crippen molar-refractivity contribution < 1.29 is 4.79 Å². The number of carbonyl (C=O) groups excluding carboxylic acids is 1. The van der Waals surface area contributed by atoms with Crippen molar-refractivity contribution in [3.8, 4) is 0 Å². The van der Waals surface area contributed by atoms with Crippen LogP contribution in [0.15, 0.2) is 24.3 Å². The van der Waals surface area contributed by atoms with Gasteiger partial charge in [-0.05, 0) is 30.9 Å². The van der Waals surface area contributed by atoms with Crippen LogP contribution in [0.25, 0.3) is 0 Å². The van der Waals surface area contributed by atoms with Crippen LogP contribution in [0, 0.1) is 0 Å². The summed E-state index contributed by atoms with van der Waals surface area (Å²) in [5.41, 5.74) is 2.32. The van der Waals surface area contributed by atoms with E-state index in [0.29, 0.717) is 5.91 Å². The number of amides is 1. The SMILES string of the molecule is CCCN1C(=O)C2(CC2)c2ccccc21. The van der Waals surface area contributed by atoms with E-state index in [-0.39, 0.29) is 5.41 Å². The Labute approximate surface area is 89.9 Å². The van der Waals surface area contributed by atoms with Gasteiger partial charge in [-0.3, -0.25) is 4.79 Å². The second-order valence-electron chi connectivity index (χ2n) is 4.56. The van der Waals surface area contributed by atoms with Gasteiger partial charge in [0.25, 0.3) is 0 Å². The summed E-state index contributed by atoms with van der Waals surface area (Å²) in [5.74, 6) is 0.338. The summed E-state index contributed by atoms with van der Waals surface area (Å²) in [7, 11) is 0. The van der Waals surface area contributed by atoms with Gasteiger partial charge in [0, 0.05) is 12.2 Å². The van der Waals surface area contributed by atoms with Crippen LogP contribution in [0.4, 0.5) is 5.69 Å². The zero-order chi connectivity index (χ0) is 10.5. The van der Waals surface area contributed by atoms with Crippen LogP contribution in [0.5, 0.6) is 0 Å². The highest BCUT2D eigenvalue weighted by atomic mass is 16.2. The molecule has 1 saturated carbocycles. The predicted molar refractivity (Wildman–Crippen MR) is 60.0 cm³/mol. The maximum atomic E-state index is 12.3. The normalized spacial score (nSPS) is 20.9. The summed E-state index contributed by atoms with van der Waals surface area (Å²) in [5, 5.41) is 0. The molecule has 1 aliphatic heterocycles. The molecule has 1 heterocycles. The van der Waals surface area contributed by atoms with E-state index in [4.69, 9.17) is 0 Å². The van der Waals surface area contributed by atoms with Gasteiger partial charge in [0.2, 0.25) is 5.91 Å². The van der Waals surface area contributed by atoms with Crippen LogP contribution in [0.3, 0.4) is 0 Å². The first-order valence-corrected chi connectivity index (χ1v) is 5.71. The molecule has 1 fully saturated rings. The number of carbonyl (C=O) groups is 1. The molecule has 0 bridgehead atoms. The van der Waals surface area contributed by atoms with E-state index >= 15 is 0 Å². The molecule has 1 amide bonds. The molecule has 0 unspecified atom stereocenters. The molecule has 1 aromatic rings. The first-order valence-electron chi connectivity index (χ1n) is 5.71. The molecular weight excluding hydrogens is 186 g/mol. The summed E-state index contributed by atoms with van der Waals surface area (Å²) in [6.45, 7) is 2.98. The molecule has 0 atom stereocenters. The number of rotatable bonds is 2. The Kier molecular flexibility index (Phi) is 1.70. The molecule has 0 radical (unpaired) electrons. The summed E-state index contributed by atoms with van der Waals surface area (Å²) in [4.78, 5) is 14.2. The molecule has 0 N–H and O–H groups in total. The molecule has 78 valence electrons. The number of hydrogen-bond acceptors (Lipinski definition) is 1. The van der Waals surface area contributed by atoms with Crippen LogP contribution in [-0.2, 0) is 10.2 Å². The smallest absolute Gasteiger partial charge is 0.237 e. The molecule has 1 spiro atoms. The van der Waals surface area contributed by atoms with E-state index in [1.807, 2.05) is 17.0 Å². The second-order valence-corrected chi connectivity index (χ2v) is 4.56. The molecular formula is C13H15NO. The summed E-state index contributed by atoms with van der Waals surface area (Å²) < 4.78 is 0. The topological polar surface area (TPSA) is 20.3 Å². The Bertz CT molecular complexity index is 420. The summed E-state index contributed by atoms with van der Waals surface area (Å²) in [6, 6.07) is 8.27. The van der Waals surface area contributed by atoms with Gasteiger partial charge in [0.1, 0.15) is 0 Å². The van der Waals surface area contributed by atoms with Gasteiger partial charge in [-0.25, -0.2) is 0 Å². The summed E-state index contributed by atoms with van der Waals surface area (Å²) in [6.07, 6.45) is 3.11. The third-order valence-electron chi connectivity index (χ3n) is 3.56. The van der Waals surface area contributed by atoms with E-state index in [1.54, 1.807) is 0 Å². The van der Waals surface area contributed by atoms with Crippen molar-refractivity contribution in [1.82, 2.24) is 0 Å². The van der Waals surface area contributed by atoms with Gasteiger partial charge in [-0.1, -0.05) is 25.1 Å². The second kappa shape index (κ2) is 2.84. The highest BCUT2D eigenvalue weighted by Crippen LogP contribution is 2.57. The number of para-hydroxylation sites is 1. The minimum absolute atomic E-state index is 0.105. The predicted octanol–water partition coefficient (Wildman–Crippen LogP) is 2.47. The number of hydrogen-bond donors (Lipinski definition) is 0. The van der Waals surface area contributed by atoms with Gasteiger partial charge in [-0.2, -0.15) is 0 Å². The Balaban J connectivity index is 2.11. The van der Waals surface area contributed by atoms with Crippen LogP contribution in [0.2, 0.25) is 0 Å². The maximum absolute atomic E-state index is 12.3. The monoisotopic (exact) mass is 201 g/mol. The van der Waals surface area contributed by atoms with Gasteiger partial charge >= 0.3 is 0 Å². The molecule has 15 heavy (non-hydrogen) atoms. The molecule has 2 aliphatic rings. The third-order valence-corrected chi connectivity index (χ3v) is 3.56. The average Bonchev–Trinajstić information content (AvgIpc) is 3.02. The fraction of sp³-hybridized carbons (Fsp3) is 0.462.